The first kappa shape index (κ1) is 23.6. The number of rotatable bonds is 4. The Hall–Kier alpha value is -3.07. The number of carbonyl (C=O) groups is 2. The molecular formula is C23H27N3O5S. The van der Waals surface area contributed by atoms with E-state index in [4.69, 9.17) is 4.74 Å². The summed E-state index contributed by atoms with van der Waals surface area (Å²) in [5.41, 5.74) is 1.71. The van der Waals surface area contributed by atoms with Gasteiger partial charge in [0.2, 0.25) is 5.78 Å². The van der Waals surface area contributed by atoms with Crippen LogP contribution in [0.4, 0.5) is 4.79 Å². The number of aromatic nitrogens is 2. The molecule has 2 aromatic heterocycles. The molecule has 32 heavy (non-hydrogen) atoms. The van der Waals surface area contributed by atoms with Crippen molar-refractivity contribution >= 4 is 27.3 Å². The van der Waals surface area contributed by atoms with Crippen LogP contribution in [-0.2, 0) is 14.6 Å². The predicted molar refractivity (Wildman–Crippen MR) is 120 cm³/mol. The lowest BCUT2D eigenvalue weighted by atomic mass is 9.91. The van der Waals surface area contributed by atoms with Crippen LogP contribution >= 0.6 is 0 Å². The quantitative estimate of drug-likeness (QED) is 0.648. The molecule has 1 aliphatic heterocycles. The second kappa shape index (κ2) is 8.82. The summed E-state index contributed by atoms with van der Waals surface area (Å²) in [5.74, 6) is -0.316. The molecule has 9 heteroatoms. The zero-order chi connectivity index (χ0) is 23.7. The van der Waals surface area contributed by atoms with Gasteiger partial charge in [-0.05, 0) is 56.0 Å². The van der Waals surface area contributed by atoms with E-state index in [0.717, 1.165) is 17.4 Å². The predicted octanol–water partition coefficient (Wildman–Crippen LogP) is 3.38. The Labute approximate surface area is 188 Å². The van der Waals surface area contributed by atoms with E-state index < -0.39 is 21.2 Å². The van der Waals surface area contributed by atoms with Gasteiger partial charge in [-0.2, -0.15) is 0 Å². The largest absolute Gasteiger partial charge is 0.444 e. The van der Waals surface area contributed by atoms with Crippen LogP contribution in [0, 0.1) is 5.92 Å². The zero-order valence-corrected chi connectivity index (χ0v) is 19.6. The highest BCUT2D eigenvalue weighted by Crippen LogP contribution is 2.28. The topological polar surface area (TPSA) is 107 Å². The van der Waals surface area contributed by atoms with E-state index in [1.165, 1.54) is 18.3 Å². The maximum Gasteiger partial charge on any atom is 0.410 e. The Balaban J connectivity index is 1.73. The van der Waals surface area contributed by atoms with Crippen molar-refractivity contribution in [1.29, 1.82) is 0 Å². The third kappa shape index (κ3) is 5.59. The van der Waals surface area contributed by atoms with Crippen LogP contribution in [0.1, 0.15) is 49.4 Å². The summed E-state index contributed by atoms with van der Waals surface area (Å²) in [6.45, 7) is 8.50. The number of sulfone groups is 1. The van der Waals surface area contributed by atoms with Crippen LogP contribution in [0.2, 0.25) is 0 Å². The monoisotopic (exact) mass is 457 g/mol. The van der Waals surface area contributed by atoms with Gasteiger partial charge in [-0.15, -0.1) is 0 Å². The summed E-state index contributed by atoms with van der Waals surface area (Å²) in [6, 6.07) is 6.17. The lowest BCUT2D eigenvalue weighted by Gasteiger charge is -2.33. The summed E-state index contributed by atoms with van der Waals surface area (Å²) < 4.78 is 28.5. The van der Waals surface area contributed by atoms with E-state index in [1.807, 2.05) is 39.8 Å². The molecule has 1 unspecified atom stereocenters. The van der Waals surface area contributed by atoms with Crippen molar-refractivity contribution in [2.45, 2.75) is 38.2 Å². The van der Waals surface area contributed by atoms with Crippen LogP contribution in [-0.4, -0.2) is 60.1 Å². The molecule has 8 nitrogen and oxygen atoms in total. The van der Waals surface area contributed by atoms with Gasteiger partial charge in [-0.25, -0.2) is 13.2 Å². The molecule has 1 aliphatic rings. The summed E-state index contributed by atoms with van der Waals surface area (Å²) in [6.07, 6.45) is 5.51. The fourth-order valence-electron chi connectivity index (χ4n) is 3.36. The Morgan fingerprint density at radius 1 is 1.06 bits per heavy atom. The smallest absolute Gasteiger partial charge is 0.410 e. The SMILES string of the molecule is CC1CN(C(=O)OC(C)(C)C)CC=C1c1ccc(C(=O)c2ccc(S(C)(=O)=O)cn2)nc1. The number of ether oxygens (including phenoxy) is 1. The van der Waals surface area contributed by atoms with E-state index in [2.05, 4.69) is 9.97 Å². The molecule has 1 amide bonds. The highest BCUT2D eigenvalue weighted by molar-refractivity contribution is 7.90. The number of hydrogen-bond donors (Lipinski definition) is 0. The van der Waals surface area contributed by atoms with Gasteiger partial charge >= 0.3 is 6.09 Å². The number of amides is 1. The van der Waals surface area contributed by atoms with Gasteiger partial charge in [0.1, 0.15) is 17.0 Å². The molecular weight excluding hydrogens is 430 g/mol. The summed E-state index contributed by atoms with van der Waals surface area (Å²) >= 11 is 0. The van der Waals surface area contributed by atoms with Crippen molar-refractivity contribution in [3.05, 3.63) is 59.7 Å². The summed E-state index contributed by atoms with van der Waals surface area (Å²) in [5, 5.41) is 0. The van der Waals surface area contributed by atoms with E-state index in [1.54, 1.807) is 17.2 Å². The fourth-order valence-corrected chi connectivity index (χ4v) is 3.91. The van der Waals surface area contributed by atoms with Crippen LogP contribution in [0.25, 0.3) is 5.57 Å². The number of hydrogen-bond acceptors (Lipinski definition) is 7. The Bertz CT molecular complexity index is 1150. The van der Waals surface area contributed by atoms with Crippen LogP contribution < -0.4 is 0 Å². The maximum absolute atomic E-state index is 12.6. The summed E-state index contributed by atoms with van der Waals surface area (Å²) in [7, 11) is -3.38. The molecule has 0 N–H and O–H groups in total. The third-order valence-electron chi connectivity index (χ3n) is 4.94. The molecule has 3 heterocycles. The van der Waals surface area contributed by atoms with Gasteiger partial charge in [0, 0.05) is 31.7 Å². The van der Waals surface area contributed by atoms with Crippen molar-refractivity contribution in [3.8, 4) is 0 Å². The highest BCUT2D eigenvalue weighted by Gasteiger charge is 2.27. The molecule has 3 rings (SSSR count). The number of pyridine rings is 2. The lowest BCUT2D eigenvalue weighted by molar-refractivity contribution is 0.0251. The highest BCUT2D eigenvalue weighted by atomic mass is 32.2. The Kier molecular flexibility index (Phi) is 6.50. The molecule has 0 saturated carbocycles. The Morgan fingerprint density at radius 2 is 1.69 bits per heavy atom. The normalized spacial score (nSPS) is 17.0. The standard InChI is InChI=1S/C23H27N3O5S/c1-15-14-26(22(28)31-23(2,3)4)11-10-18(15)16-6-8-19(24-12-16)21(27)20-9-7-17(13-25-20)32(5,29)30/h6-10,12-13,15H,11,14H2,1-5H3. The second-order valence-electron chi connectivity index (χ2n) is 8.86. The van der Waals surface area contributed by atoms with Crippen molar-refractivity contribution in [1.82, 2.24) is 14.9 Å². The first-order valence-electron chi connectivity index (χ1n) is 10.2. The molecule has 0 bridgehead atoms. The fraction of sp³-hybridized carbons (Fsp3) is 0.391. The molecule has 2 aromatic rings. The third-order valence-corrected chi connectivity index (χ3v) is 6.03. The number of carbonyl (C=O) groups excluding carboxylic acids is 2. The minimum absolute atomic E-state index is 0.0519. The first-order valence-corrected chi connectivity index (χ1v) is 12.1. The first-order chi connectivity index (χ1) is 14.8. The van der Waals surface area contributed by atoms with Crippen LogP contribution in [0.5, 0.6) is 0 Å². The lowest BCUT2D eigenvalue weighted by Crippen LogP contribution is -2.41. The molecule has 170 valence electrons. The van der Waals surface area contributed by atoms with Crippen LogP contribution in [0.3, 0.4) is 0 Å². The molecule has 0 spiro atoms. The van der Waals surface area contributed by atoms with Gasteiger partial charge in [0.05, 0.1) is 4.90 Å². The number of ketones is 1. The molecule has 0 fully saturated rings. The van der Waals surface area contributed by atoms with Crippen molar-refractivity contribution in [3.63, 3.8) is 0 Å². The number of nitrogens with zero attached hydrogens (tertiary/aromatic N) is 3. The average molecular weight is 458 g/mol. The van der Waals surface area contributed by atoms with E-state index in [-0.39, 0.29) is 28.3 Å². The minimum atomic E-state index is -3.38. The second-order valence-corrected chi connectivity index (χ2v) is 10.9. The maximum atomic E-state index is 12.6. The van der Waals surface area contributed by atoms with E-state index in [9.17, 15) is 18.0 Å². The average Bonchev–Trinajstić information content (AvgIpc) is 2.71. The van der Waals surface area contributed by atoms with Gasteiger partial charge in [0.25, 0.3) is 0 Å². The van der Waals surface area contributed by atoms with Crippen LogP contribution in [0.15, 0.2) is 47.6 Å². The zero-order valence-electron chi connectivity index (χ0n) is 18.8. The van der Waals surface area contributed by atoms with Crippen molar-refractivity contribution in [2.24, 2.45) is 5.92 Å². The minimum Gasteiger partial charge on any atom is -0.444 e. The molecule has 1 atom stereocenters. The van der Waals surface area contributed by atoms with Gasteiger partial charge in [-0.1, -0.05) is 19.1 Å². The molecule has 0 aliphatic carbocycles. The van der Waals surface area contributed by atoms with Gasteiger partial charge < -0.3 is 9.64 Å². The Morgan fingerprint density at radius 3 is 2.16 bits per heavy atom. The summed E-state index contributed by atoms with van der Waals surface area (Å²) in [4.78, 5) is 34.9. The van der Waals surface area contributed by atoms with Crippen molar-refractivity contribution in [2.75, 3.05) is 19.3 Å². The molecule has 0 radical (unpaired) electrons. The molecule has 0 aromatic carbocycles. The van der Waals surface area contributed by atoms with Crippen molar-refractivity contribution < 1.29 is 22.7 Å². The van der Waals surface area contributed by atoms with Gasteiger partial charge in [0.15, 0.2) is 9.84 Å². The van der Waals surface area contributed by atoms with E-state index >= 15 is 0 Å². The molecule has 0 saturated heterocycles. The van der Waals surface area contributed by atoms with E-state index in [0.29, 0.717) is 13.1 Å². The van der Waals surface area contributed by atoms with Gasteiger partial charge in [-0.3, -0.25) is 14.8 Å².